The van der Waals surface area contributed by atoms with E-state index in [2.05, 4.69) is 15.9 Å². The van der Waals surface area contributed by atoms with Crippen LogP contribution in [0.5, 0.6) is 0 Å². The van der Waals surface area contributed by atoms with Crippen molar-refractivity contribution < 1.29 is 5.11 Å². The Bertz CT molecular complexity index is 300. The molecule has 1 aromatic carbocycles. The summed E-state index contributed by atoms with van der Waals surface area (Å²) < 4.78 is 1.13. The fourth-order valence-corrected chi connectivity index (χ4v) is 1.53. The molecular formula is C11H15BrO. The fourth-order valence-electron chi connectivity index (χ4n) is 1.30. The third kappa shape index (κ3) is 2.32. The van der Waals surface area contributed by atoms with Crippen molar-refractivity contribution in [3.63, 3.8) is 0 Å². The minimum absolute atomic E-state index is 0.754. The molecule has 0 aromatic heterocycles. The standard InChI is InChI=1S/C11H15BrO/c1-7-5-9(11(3,4)13)6-8(2)10(7)12/h5-6,13H,1-4H3. The van der Waals surface area contributed by atoms with Crippen molar-refractivity contribution in [3.05, 3.63) is 33.3 Å². The van der Waals surface area contributed by atoms with Crippen molar-refractivity contribution >= 4 is 15.9 Å². The third-order valence-electron chi connectivity index (χ3n) is 2.14. The number of aryl methyl sites for hydroxylation is 2. The van der Waals surface area contributed by atoms with Crippen LogP contribution >= 0.6 is 15.9 Å². The molecule has 0 saturated heterocycles. The number of halogens is 1. The molecule has 2 heteroatoms. The lowest BCUT2D eigenvalue weighted by Gasteiger charge is -2.19. The van der Waals surface area contributed by atoms with E-state index in [0.29, 0.717) is 0 Å². The Balaban J connectivity index is 3.29. The Hall–Kier alpha value is -0.340. The van der Waals surface area contributed by atoms with E-state index in [1.165, 1.54) is 0 Å². The zero-order valence-electron chi connectivity index (χ0n) is 8.48. The molecule has 0 spiro atoms. The summed E-state index contributed by atoms with van der Waals surface area (Å²) in [5.74, 6) is 0. The molecule has 0 amide bonds. The quantitative estimate of drug-likeness (QED) is 0.802. The van der Waals surface area contributed by atoms with E-state index < -0.39 is 5.60 Å². The van der Waals surface area contributed by atoms with Gasteiger partial charge in [0.1, 0.15) is 0 Å². The lowest BCUT2D eigenvalue weighted by atomic mass is 9.95. The molecule has 0 saturated carbocycles. The van der Waals surface area contributed by atoms with Crippen LogP contribution in [-0.4, -0.2) is 5.11 Å². The molecule has 0 radical (unpaired) electrons. The van der Waals surface area contributed by atoms with Crippen molar-refractivity contribution in [2.24, 2.45) is 0 Å². The molecule has 72 valence electrons. The summed E-state index contributed by atoms with van der Waals surface area (Å²) in [6.45, 7) is 7.67. The highest BCUT2D eigenvalue weighted by molar-refractivity contribution is 9.10. The molecule has 1 aromatic rings. The van der Waals surface area contributed by atoms with Crippen molar-refractivity contribution in [2.45, 2.75) is 33.3 Å². The molecule has 0 unspecified atom stereocenters. The maximum atomic E-state index is 9.81. The van der Waals surface area contributed by atoms with E-state index in [1.807, 2.05) is 26.0 Å². The van der Waals surface area contributed by atoms with Crippen LogP contribution in [-0.2, 0) is 5.60 Å². The van der Waals surface area contributed by atoms with E-state index in [9.17, 15) is 5.11 Å². The Labute approximate surface area is 87.9 Å². The monoisotopic (exact) mass is 242 g/mol. The number of hydrogen-bond donors (Lipinski definition) is 1. The molecule has 0 aliphatic rings. The average Bonchev–Trinajstić information content (AvgIpc) is 1.97. The Kier molecular flexibility index (Phi) is 2.83. The van der Waals surface area contributed by atoms with Crippen LogP contribution in [0.15, 0.2) is 16.6 Å². The van der Waals surface area contributed by atoms with Gasteiger partial charge in [-0.1, -0.05) is 28.1 Å². The topological polar surface area (TPSA) is 20.2 Å². The van der Waals surface area contributed by atoms with Crippen molar-refractivity contribution in [1.82, 2.24) is 0 Å². The maximum Gasteiger partial charge on any atom is 0.0840 e. The van der Waals surface area contributed by atoms with E-state index in [4.69, 9.17) is 0 Å². The first-order chi connectivity index (χ1) is 5.82. The van der Waals surface area contributed by atoms with Gasteiger partial charge in [-0.05, 0) is 44.4 Å². The SMILES string of the molecule is Cc1cc(C(C)(C)O)cc(C)c1Br. The Morgan fingerprint density at radius 2 is 1.54 bits per heavy atom. The van der Waals surface area contributed by atoms with E-state index in [0.717, 1.165) is 21.2 Å². The van der Waals surface area contributed by atoms with Gasteiger partial charge < -0.3 is 5.11 Å². The second-order valence-corrected chi connectivity index (χ2v) is 4.78. The number of aliphatic hydroxyl groups is 1. The van der Waals surface area contributed by atoms with Gasteiger partial charge in [-0.3, -0.25) is 0 Å². The highest BCUT2D eigenvalue weighted by Crippen LogP contribution is 2.27. The van der Waals surface area contributed by atoms with Gasteiger partial charge in [0.2, 0.25) is 0 Å². The minimum Gasteiger partial charge on any atom is -0.386 e. The van der Waals surface area contributed by atoms with Crippen molar-refractivity contribution in [2.75, 3.05) is 0 Å². The molecule has 13 heavy (non-hydrogen) atoms. The first-order valence-electron chi connectivity index (χ1n) is 4.32. The summed E-state index contributed by atoms with van der Waals surface area (Å²) in [4.78, 5) is 0. The summed E-state index contributed by atoms with van der Waals surface area (Å²) in [7, 11) is 0. The maximum absolute atomic E-state index is 9.81. The highest BCUT2D eigenvalue weighted by atomic mass is 79.9. The predicted molar refractivity (Wildman–Crippen MR) is 58.9 cm³/mol. The zero-order valence-corrected chi connectivity index (χ0v) is 10.1. The van der Waals surface area contributed by atoms with E-state index in [1.54, 1.807) is 13.8 Å². The van der Waals surface area contributed by atoms with Gasteiger partial charge in [0.25, 0.3) is 0 Å². The molecule has 0 heterocycles. The van der Waals surface area contributed by atoms with Gasteiger partial charge >= 0.3 is 0 Å². The van der Waals surface area contributed by atoms with Crippen LogP contribution in [0, 0.1) is 13.8 Å². The smallest absolute Gasteiger partial charge is 0.0840 e. The van der Waals surface area contributed by atoms with Crippen LogP contribution < -0.4 is 0 Å². The van der Waals surface area contributed by atoms with Gasteiger partial charge in [-0.25, -0.2) is 0 Å². The second kappa shape index (κ2) is 3.43. The molecule has 0 aliphatic carbocycles. The van der Waals surface area contributed by atoms with Crippen molar-refractivity contribution in [3.8, 4) is 0 Å². The van der Waals surface area contributed by atoms with E-state index in [-0.39, 0.29) is 0 Å². The molecule has 1 nitrogen and oxygen atoms in total. The minimum atomic E-state index is -0.754. The molecule has 0 bridgehead atoms. The van der Waals surface area contributed by atoms with Crippen LogP contribution in [0.4, 0.5) is 0 Å². The number of benzene rings is 1. The molecular weight excluding hydrogens is 228 g/mol. The third-order valence-corrected chi connectivity index (χ3v) is 3.39. The van der Waals surface area contributed by atoms with Crippen LogP contribution in [0.2, 0.25) is 0 Å². The summed E-state index contributed by atoms with van der Waals surface area (Å²) >= 11 is 3.50. The first kappa shape index (κ1) is 10.7. The first-order valence-corrected chi connectivity index (χ1v) is 5.11. The Morgan fingerprint density at radius 3 is 1.85 bits per heavy atom. The van der Waals surface area contributed by atoms with Gasteiger partial charge in [-0.2, -0.15) is 0 Å². The van der Waals surface area contributed by atoms with Gasteiger partial charge in [0, 0.05) is 4.47 Å². The van der Waals surface area contributed by atoms with Crippen LogP contribution in [0.3, 0.4) is 0 Å². The van der Waals surface area contributed by atoms with Gasteiger partial charge in [-0.15, -0.1) is 0 Å². The zero-order chi connectivity index (χ0) is 10.2. The molecule has 1 rings (SSSR count). The second-order valence-electron chi connectivity index (χ2n) is 3.98. The molecule has 0 fully saturated rings. The normalized spacial score (nSPS) is 11.8. The lowest BCUT2D eigenvalue weighted by molar-refractivity contribution is 0.0784. The van der Waals surface area contributed by atoms with Crippen molar-refractivity contribution in [1.29, 1.82) is 0 Å². The largest absolute Gasteiger partial charge is 0.386 e. The van der Waals surface area contributed by atoms with Gasteiger partial charge in [0.15, 0.2) is 0 Å². The summed E-state index contributed by atoms with van der Waals surface area (Å²) in [5, 5.41) is 9.81. The molecule has 0 atom stereocenters. The predicted octanol–water partition coefficient (Wildman–Crippen LogP) is 3.29. The van der Waals surface area contributed by atoms with Gasteiger partial charge in [0.05, 0.1) is 5.60 Å². The van der Waals surface area contributed by atoms with Crippen LogP contribution in [0.25, 0.3) is 0 Å². The Morgan fingerprint density at radius 1 is 1.15 bits per heavy atom. The molecule has 0 aliphatic heterocycles. The average molecular weight is 243 g/mol. The van der Waals surface area contributed by atoms with E-state index >= 15 is 0 Å². The molecule has 1 N–H and O–H groups in total. The highest BCUT2D eigenvalue weighted by Gasteiger charge is 2.17. The van der Waals surface area contributed by atoms with Crippen LogP contribution in [0.1, 0.15) is 30.5 Å². The number of hydrogen-bond acceptors (Lipinski definition) is 1. The summed E-state index contributed by atoms with van der Waals surface area (Å²) in [6, 6.07) is 4.02. The lowest BCUT2D eigenvalue weighted by Crippen LogP contribution is -2.15. The summed E-state index contributed by atoms with van der Waals surface area (Å²) in [5.41, 5.74) is 2.54. The fraction of sp³-hybridized carbons (Fsp3) is 0.455. The number of rotatable bonds is 1. The summed E-state index contributed by atoms with van der Waals surface area (Å²) in [6.07, 6.45) is 0.